The van der Waals surface area contributed by atoms with Gasteiger partial charge in [0, 0.05) is 29.1 Å². The van der Waals surface area contributed by atoms with Gasteiger partial charge >= 0.3 is 6.09 Å². The van der Waals surface area contributed by atoms with Crippen LogP contribution in [-0.4, -0.2) is 52.5 Å². The Morgan fingerprint density at radius 2 is 1.81 bits per heavy atom. The van der Waals surface area contributed by atoms with E-state index in [9.17, 15) is 14.4 Å². The van der Waals surface area contributed by atoms with Gasteiger partial charge in [0.05, 0.1) is 11.2 Å². The van der Waals surface area contributed by atoms with E-state index in [0.29, 0.717) is 29.2 Å². The normalized spacial score (nSPS) is 17.6. The topological polar surface area (TPSA) is 101 Å². The lowest BCUT2D eigenvalue weighted by Gasteiger charge is -2.28. The second kappa shape index (κ2) is 10.5. The van der Waals surface area contributed by atoms with Gasteiger partial charge < -0.3 is 20.3 Å². The summed E-state index contributed by atoms with van der Waals surface area (Å²) in [7, 11) is 0. The fourth-order valence-electron chi connectivity index (χ4n) is 4.43. The van der Waals surface area contributed by atoms with Crippen molar-refractivity contribution >= 4 is 46.1 Å². The Morgan fingerprint density at radius 3 is 2.53 bits per heavy atom. The van der Waals surface area contributed by atoms with E-state index in [2.05, 4.69) is 15.6 Å². The Kier molecular flexibility index (Phi) is 7.45. The van der Waals surface area contributed by atoms with Gasteiger partial charge in [-0.1, -0.05) is 41.9 Å². The molecule has 0 saturated carbocycles. The second-order valence-corrected chi connectivity index (χ2v) is 10.1. The summed E-state index contributed by atoms with van der Waals surface area (Å²) in [4.78, 5) is 44.8. The standard InChI is InChI=1S/C27H29ClN4O4/c1-27(2,3)36-26(35)30-16-22(33)32-15-13-20(17-9-11-19(28)12-10-17)24(32)25(34)31-21-8-4-6-18-7-5-14-29-23(18)21/h4-12,14,20,24H,13,15-16H2,1-3H3,(H,30,35)(H,31,34). The number of amides is 3. The average Bonchev–Trinajstić information content (AvgIpc) is 3.28. The number of benzene rings is 2. The van der Waals surface area contributed by atoms with Crippen molar-refractivity contribution < 1.29 is 19.1 Å². The highest BCUT2D eigenvalue weighted by Gasteiger charge is 2.42. The zero-order valence-corrected chi connectivity index (χ0v) is 21.2. The number of rotatable bonds is 5. The number of nitrogens with one attached hydrogen (secondary N) is 2. The predicted octanol–water partition coefficient (Wildman–Crippen LogP) is 4.74. The monoisotopic (exact) mass is 508 g/mol. The quantitative estimate of drug-likeness (QED) is 0.518. The molecular weight excluding hydrogens is 480 g/mol. The number of carbonyl (C=O) groups is 3. The third kappa shape index (κ3) is 5.94. The van der Waals surface area contributed by atoms with E-state index in [0.717, 1.165) is 10.9 Å². The van der Waals surface area contributed by atoms with Crippen LogP contribution < -0.4 is 10.6 Å². The van der Waals surface area contributed by atoms with Gasteiger partial charge in [-0.3, -0.25) is 14.6 Å². The number of hydrogen-bond acceptors (Lipinski definition) is 5. The Bertz CT molecular complexity index is 1270. The molecule has 0 bridgehead atoms. The summed E-state index contributed by atoms with van der Waals surface area (Å²) in [6.45, 7) is 5.33. The molecule has 4 rings (SSSR count). The molecular formula is C27H29ClN4O4. The molecule has 2 atom stereocenters. The van der Waals surface area contributed by atoms with Crippen LogP contribution in [0.25, 0.3) is 10.9 Å². The molecule has 3 amide bonds. The van der Waals surface area contributed by atoms with Crippen molar-refractivity contribution in [2.45, 2.75) is 44.8 Å². The van der Waals surface area contributed by atoms with Crippen LogP contribution in [0.15, 0.2) is 60.8 Å². The molecule has 1 aromatic heterocycles. The fraction of sp³-hybridized carbons (Fsp3) is 0.333. The van der Waals surface area contributed by atoms with Crippen LogP contribution in [-0.2, 0) is 14.3 Å². The number of aromatic nitrogens is 1. The van der Waals surface area contributed by atoms with Gasteiger partial charge in [-0.15, -0.1) is 0 Å². The lowest BCUT2D eigenvalue weighted by molar-refractivity contribution is -0.136. The number of anilines is 1. The molecule has 1 fully saturated rings. The largest absolute Gasteiger partial charge is 0.444 e. The molecule has 2 heterocycles. The van der Waals surface area contributed by atoms with E-state index in [4.69, 9.17) is 16.3 Å². The third-order valence-electron chi connectivity index (χ3n) is 5.96. The molecule has 188 valence electrons. The minimum absolute atomic E-state index is 0.240. The van der Waals surface area contributed by atoms with E-state index in [1.54, 1.807) is 45.2 Å². The van der Waals surface area contributed by atoms with Gasteiger partial charge in [0.1, 0.15) is 18.2 Å². The molecule has 1 aliphatic rings. The molecule has 9 heteroatoms. The highest BCUT2D eigenvalue weighted by atomic mass is 35.5. The van der Waals surface area contributed by atoms with Gasteiger partial charge in [0.2, 0.25) is 11.8 Å². The van der Waals surface area contributed by atoms with Gasteiger partial charge in [-0.25, -0.2) is 4.79 Å². The maximum absolute atomic E-state index is 13.7. The molecule has 0 radical (unpaired) electrons. The van der Waals surface area contributed by atoms with Crippen LogP contribution in [0.3, 0.4) is 0 Å². The van der Waals surface area contributed by atoms with Gasteiger partial charge in [0.15, 0.2) is 0 Å². The zero-order valence-electron chi connectivity index (χ0n) is 20.5. The molecule has 1 aliphatic heterocycles. The number of para-hydroxylation sites is 1. The molecule has 36 heavy (non-hydrogen) atoms. The van der Waals surface area contributed by atoms with E-state index in [1.807, 2.05) is 36.4 Å². The Balaban J connectivity index is 1.57. The van der Waals surface area contributed by atoms with Crippen LogP contribution in [0.5, 0.6) is 0 Å². The SMILES string of the molecule is CC(C)(C)OC(=O)NCC(=O)N1CCC(c2ccc(Cl)cc2)C1C(=O)Nc1cccc2cccnc12. The van der Waals surface area contributed by atoms with Crippen molar-refractivity contribution in [3.63, 3.8) is 0 Å². The molecule has 8 nitrogen and oxygen atoms in total. The van der Waals surface area contributed by atoms with Crippen molar-refractivity contribution in [3.8, 4) is 0 Å². The maximum Gasteiger partial charge on any atom is 0.408 e. The molecule has 3 aromatic rings. The number of alkyl carbamates (subject to hydrolysis) is 1. The molecule has 2 unspecified atom stereocenters. The van der Waals surface area contributed by atoms with Crippen LogP contribution in [0.4, 0.5) is 10.5 Å². The summed E-state index contributed by atoms with van der Waals surface area (Å²) in [5, 5.41) is 6.97. The first-order valence-electron chi connectivity index (χ1n) is 11.8. The smallest absolute Gasteiger partial charge is 0.408 e. The van der Waals surface area contributed by atoms with Crippen molar-refractivity contribution in [3.05, 3.63) is 71.4 Å². The fourth-order valence-corrected chi connectivity index (χ4v) is 4.56. The first-order chi connectivity index (χ1) is 17.1. The van der Waals surface area contributed by atoms with Crippen molar-refractivity contribution in [2.75, 3.05) is 18.4 Å². The molecule has 0 spiro atoms. The Hall–Kier alpha value is -3.65. The maximum atomic E-state index is 13.7. The average molecular weight is 509 g/mol. The first-order valence-corrected chi connectivity index (χ1v) is 12.2. The van der Waals surface area contributed by atoms with Crippen molar-refractivity contribution in [1.82, 2.24) is 15.2 Å². The molecule has 0 aliphatic carbocycles. The summed E-state index contributed by atoms with van der Waals surface area (Å²) in [6.07, 6.45) is 1.57. The predicted molar refractivity (Wildman–Crippen MR) is 139 cm³/mol. The summed E-state index contributed by atoms with van der Waals surface area (Å²) < 4.78 is 5.23. The summed E-state index contributed by atoms with van der Waals surface area (Å²) in [5.74, 6) is -0.930. The van der Waals surface area contributed by atoms with Crippen LogP contribution in [0, 0.1) is 0 Å². The number of ether oxygens (including phenoxy) is 1. The number of fused-ring (bicyclic) bond motifs is 1. The first kappa shape index (κ1) is 25.4. The van der Waals surface area contributed by atoms with Crippen LogP contribution >= 0.6 is 11.6 Å². The van der Waals surface area contributed by atoms with E-state index in [-0.39, 0.29) is 24.3 Å². The Labute approximate surface area is 215 Å². The highest BCUT2D eigenvalue weighted by Crippen LogP contribution is 2.35. The molecule has 1 saturated heterocycles. The molecule has 2 aromatic carbocycles. The van der Waals surface area contributed by atoms with Crippen molar-refractivity contribution in [1.29, 1.82) is 0 Å². The third-order valence-corrected chi connectivity index (χ3v) is 6.21. The lowest BCUT2D eigenvalue weighted by atomic mass is 9.91. The lowest BCUT2D eigenvalue weighted by Crippen LogP contribution is -2.49. The summed E-state index contributed by atoms with van der Waals surface area (Å²) in [6, 6.07) is 15.8. The van der Waals surface area contributed by atoms with E-state index < -0.39 is 17.7 Å². The summed E-state index contributed by atoms with van der Waals surface area (Å²) >= 11 is 6.07. The number of hydrogen-bond donors (Lipinski definition) is 2. The minimum Gasteiger partial charge on any atom is -0.444 e. The molecule has 2 N–H and O–H groups in total. The number of halogens is 1. The van der Waals surface area contributed by atoms with Gasteiger partial charge in [0.25, 0.3) is 0 Å². The number of pyridine rings is 1. The number of carbonyl (C=O) groups excluding carboxylic acids is 3. The number of nitrogens with zero attached hydrogens (tertiary/aromatic N) is 2. The van der Waals surface area contributed by atoms with Gasteiger partial charge in [-0.2, -0.15) is 0 Å². The van der Waals surface area contributed by atoms with Gasteiger partial charge in [-0.05, 0) is 57.0 Å². The minimum atomic E-state index is -0.780. The van der Waals surface area contributed by atoms with E-state index in [1.165, 1.54) is 4.90 Å². The Morgan fingerprint density at radius 1 is 1.08 bits per heavy atom. The van der Waals surface area contributed by atoms with Crippen LogP contribution in [0.2, 0.25) is 5.02 Å². The highest BCUT2D eigenvalue weighted by molar-refractivity contribution is 6.30. The second-order valence-electron chi connectivity index (χ2n) is 9.70. The van der Waals surface area contributed by atoms with Crippen LogP contribution in [0.1, 0.15) is 38.7 Å². The van der Waals surface area contributed by atoms with E-state index >= 15 is 0 Å². The number of likely N-dealkylation sites (tertiary alicyclic amines) is 1. The van der Waals surface area contributed by atoms with Crippen molar-refractivity contribution in [2.24, 2.45) is 0 Å². The summed E-state index contributed by atoms with van der Waals surface area (Å²) in [5.41, 5.74) is 1.46. The zero-order chi connectivity index (χ0) is 25.9.